The Bertz CT molecular complexity index is 1110. The van der Waals surface area contributed by atoms with Crippen molar-refractivity contribution in [1.29, 1.82) is 0 Å². The summed E-state index contributed by atoms with van der Waals surface area (Å²) in [4.78, 5) is 25.3. The maximum atomic E-state index is 14.1. The highest BCUT2D eigenvalue weighted by molar-refractivity contribution is 5.88. The van der Waals surface area contributed by atoms with Gasteiger partial charge < -0.3 is 14.4 Å². The van der Waals surface area contributed by atoms with Gasteiger partial charge in [0.2, 0.25) is 11.8 Å². The van der Waals surface area contributed by atoms with Crippen molar-refractivity contribution < 1.29 is 14.3 Å². The minimum Gasteiger partial charge on any atom is -0.437 e. The molecule has 6 nitrogen and oxygen atoms in total. The highest BCUT2D eigenvalue weighted by Crippen LogP contribution is 2.39. The lowest BCUT2D eigenvalue weighted by Crippen LogP contribution is -2.52. The Morgan fingerprint density at radius 1 is 1.03 bits per heavy atom. The maximum absolute atomic E-state index is 14.1. The minimum absolute atomic E-state index is 0.0834. The van der Waals surface area contributed by atoms with Crippen molar-refractivity contribution in [3.63, 3.8) is 0 Å². The fraction of sp³-hybridized carbons (Fsp3) is 0.393. The van der Waals surface area contributed by atoms with E-state index in [0.717, 1.165) is 36.4 Å². The molecular formula is C28H31N3O3. The third kappa shape index (κ3) is 4.55. The molecule has 1 atom stereocenters. The summed E-state index contributed by atoms with van der Waals surface area (Å²) in [6, 6.07) is 18.1. The number of amides is 1. The second-order valence-corrected chi connectivity index (χ2v) is 9.31. The van der Waals surface area contributed by atoms with Gasteiger partial charge in [-0.25, -0.2) is 4.98 Å². The number of nitrogens with zero attached hydrogens (tertiary/aromatic N) is 3. The summed E-state index contributed by atoms with van der Waals surface area (Å²) < 4.78 is 11.7. The lowest BCUT2D eigenvalue weighted by atomic mass is 9.72. The Balaban J connectivity index is 1.40. The first-order chi connectivity index (χ1) is 16.7. The Morgan fingerprint density at radius 2 is 1.76 bits per heavy atom. The number of piperidine rings is 1. The molecule has 1 aromatic heterocycles. The van der Waals surface area contributed by atoms with Gasteiger partial charge >= 0.3 is 0 Å². The first kappa shape index (κ1) is 22.5. The number of para-hydroxylation sites is 1. The average molecular weight is 458 g/mol. The van der Waals surface area contributed by atoms with Gasteiger partial charge in [0.15, 0.2) is 0 Å². The van der Waals surface area contributed by atoms with Crippen molar-refractivity contribution in [1.82, 2.24) is 14.9 Å². The summed E-state index contributed by atoms with van der Waals surface area (Å²) in [7, 11) is 0. The smallest absolute Gasteiger partial charge is 0.241 e. The highest BCUT2D eigenvalue weighted by atomic mass is 16.5. The monoisotopic (exact) mass is 457 g/mol. The third-order valence-corrected chi connectivity index (χ3v) is 7.10. The van der Waals surface area contributed by atoms with Crippen LogP contribution in [-0.4, -0.2) is 47.1 Å². The zero-order valence-corrected chi connectivity index (χ0v) is 19.7. The second-order valence-electron chi connectivity index (χ2n) is 9.31. The molecule has 5 rings (SSSR count). The Kier molecular flexibility index (Phi) is 6.59. The number of benzene rings is 2. The molecule has 2 aromatic carbocycles. The molecule has 0 N–H and O–H groups in total. The number of ether oxygens (including phenoxy) is 2. The molecule has 0 saturated carbocycles. The predicted octanol–water partition coefficient (Wildman–Crippen LogP) is 5.03. The van der Waals surface area contributed by atoms with Crippen molar-refractivity contribution in [3.05, 3.63) is 83.8 Å². The van der Waals surface area contributed by atoms with E-state index in [1.807, 2.05) is 35.2 Å². The lowest BCUT2D eigenvalue weighted by molar-refractivity contribution is -0.142. The number of likely N-dealkylation sites (tertiary alicyclic amines) is 1. The molecule has 2 fully saturated rings. The number of aryl methyl sites for hydroxylation is 1. The van der Waals surface area contributed by atoms with E-state index in [-0.39, 0.29) is 11.8 Å². The van der Waals surface area contributed by atoms with Gasteiger partial charge in [-0.15, -0.1) is 0 Å². The molecule has 3 aromatic rings. The van der Waals surface area contributed by atoms with E-state index in [2.05, 4.69) is 41.2 Å². The van der Waals surface area contributed by atoms with Crippen LogP contribution in [-0.2, 0) is 14.9 Å². The van der Waals surface area contributed by atoms with Crippen LogP contribution in [0.4, 0.5) is 0 Å². The van der Waals surface area contributed by atoms with Crippen molar-refractivity contribution in [2.45, 2.75) is 43.9 Å². The molecule has 6 heteroatoms. The Hall–Kier alpha value is -3.25. The number of rotatable bonds is 5. The molecule has 2 aliphatic rings. The van der Waals surface area contributed by atoms with Crippen LogP contribution < -0.4 is 4.74 Å². The quantitative estimate of drug-likeness (QED) is 0.538. The molecule has 2 saturated heterocycles. The third-order valence-electron chi connectivity index (χ3n) is 7.10. The van der Waals surface area contributed by atoms with Crippen LogP contribution >= 0.6 is 0 Å². The molecule has 2 aliphatic heterocycles. The number of aromatic nitrogens is 2. The van der Waals surface area contributed by atoms with Crippen LogP contribution in [0.25, 0.3) is 0 Å². The van der Waals surface area contributed by atoms with E-state index in [1.54, 1.807) is 12.4 Å². The maximum Gasteiger partial charge on any atom is 0.241 e. The first-order valence-electron chi connectivity index (χ1n) is 12.1. The van der Waals surface area contributed by atoms with Gasteiger partial charge in [-0.3, -0.25) is 9.78 Å². The molecular weight excluding hydrogens is 426 g/mol. The van der Waals surface area contributed by atoms with E-state index in [1.165, 1.54) is 5.56 Å². The van der Waals surface area contributed by atoms with Gasteiger partial charge in [-0.05, 0) is 50.3 Å². The van der Waals surface area contributed by atoms with Crippen LogP contribution in [0, 0.1) is 6.92 Å². The van der Waals surface area contributed by atoms with E-state index in [0.29, 0.717) is 38.5 Å². The number of carbonyl (C=O) groups is 1. The van der Waals surface area contributed by atoms with Crippen molar-refractivity contribution >= 4 is 5.91 Å². The van der Waals surface area contributed by atoms with Crippen LogP contribution in [0.2, 0.25) is 0 Å². The lowest BCUT2D eigenvalue weighted by Gasteiger charge is -2.42. The summed E-state index contributed by atoms with van der Waals surface area (Å²) in [5, 5.41) is 0. The molecule has 3 heterocycles. The normalized spacial score (nSPS) is 20.0. The molecule has 0 unspecified atom stereocenters. The van der Waals surface area contributed by atoms with Crippen molar-refractivity contribution in [2.75, 3.05) is 26.3 Å². The zero-order chi connectivity index (χ0) is 23.4. The zero-order valence-electron chi connectivity index (χ0n) is 19.7. The minimum atomic E-state index is -0.528. The highest BCUT2D eigenvalue weighted by Gasteiger charge is 2.45. The number of hydrogen-bond acceptors (Lipinski definition) is 5. The summed E-state index contributed by atoms with van der Waals surface area (Å²) in [6.07, 6.45) is 6.67. The van der Waals surface area contributed by atoms with Crippen LogP contribution in [0.1, 0.15) is 48.4 Å². The first-order valence-corrected chi connectivity index (χ1v) is 12.1. The van der Waals surface area contributed by atoms with Crippen molar-refractivity contribution in [3.8, 4) is 11.6 Å². The second kappa shape index (κ2) is 9.94. The number of carbonyl (C=O) groups excluding carboxylic acids is 1. The van der Waals surface area contributed by atoms with Gasteiger partial charge in [0.05, 0.1) is 5.41 Å². The van der Waals surface area contributed by atoms with Gasteiger partial charge in [0.25, 0.3) is 0 Å². The molecule has 0 bridgehead atoms. The molecule has 0 spiro atoms. The van der Waals surface area contributed by atoms with E-state index < -0.39 is 5.41 Å². The van der Waals surface area contributed by atoms with Gasteiger partial charge in [-0.2, -0.15) is 0 Å². The predicted molar refractivity (Wildman–Crippen MR) is 130 cm³/mol. The van der Waals surface area contributed by atoms with Gasteiger partial charge in [0.1, 0.15) is 11.4 Å². The fourth-order valence-corrected chi connectivity index (χ4v) is 5.20. The van der Waals surface area contributed by atoms with Gasteiger partial charge in [-0.1, -0.05) is 48.0 Å². The Labute approximate surface area is 201 Å². The summed E-state index contributed by atoms with van der Waals surface area (Å²) in [5.74, 6) is 1.54. The van der Waals surface area contributed by atoms with E-state index in [9.17, 15) is 4.79 Å². The molecule has 0 radical (unpaired) electrons. The van der Waals surface area contributed by atoms with Gasteiger partial charge in [0, 0.05) is 44.6 Å². The summed E-state index contributed by atoms with van der Waals surface area (Å²) in [5.41, 5.74) is 2.59. The number of hydrogen-bond donors (Lipinski definition) is 0. The van der Waals surface area contributed by atoms with Crippen LogP contribution in [0.15, 0.2) is 67.0 Å². The molecule has 176 valence electrons. The standard InChI is InChI=1S/C28H31N3O3/c1-21-9-11-23(12-10-21)28(13-18-33-19-14-28)27(32)31-17-5-6-22(20-31)25-26(30-16-15-29-25)34-24-7-3-2-4-8-24/h2-4,7-12,15-16,22H,5-6,13-14,17-20H2,1H3/t22-/m1/s1. The topological polar surface area (TPSA) is 64.6 Å². The largest absolute Gasteiger partial charge is 0.437 e. The molecule has 1 amide bonds. The fourth-order valence-electron chi connectivity index (χ4n) is 5.20. The van der Waals surface area contributed by atoms with Crippen LogP contribution in [0.3, 0.4) is 0 Å². The molecule has 34 heavy (non-hydrogen) atoms. The van der Waals surface area contributed by atoms with E-state index >= 15 is 0 Å². The summed E-state index contributed by atoms with van der Waals surface area (Å²) in [6.45, 7) is 4.68. The average Bonchev–Trinajstić information content (AvgIpc) is 2.90. The summed E-state index contributed by atoms with van der Waals surface area (Å²) >= 11 is 0. The SMILES string of the molecule is Cc1ccc(C2(C(=O)N3CCC[C@@H](c4nccnc4Oc4ccccc4)C3)CCOCC2)cc1. The van der Waals surface area contributed by atoms with E-state index in [4.69, 9.17) is 9.47 Å². The Morgan fingerprint density at radius 3 is 2.53 bits per heavy atom. The van der Waals surface area contributed by atoms with Crippen LogP contribution in [0.5, 0.6) is 11.6 Å². The molecule has 0 aliphatic carbocycles. The van der Waals surface area contributed by atoms with Crippen molar-refractivity contribution in [2.24, 2.45) is 0 Å².